The molecule has 0 radical (unpaired) electrons. The molecule has 22 heavy (non-hydrogen) atoms. The average molecular weight is 309 g/mol. The predicted octanol–water partition coefficient (Wildman–Crippen LogP) is 5.11. The van der Waals surface area contributed by atoms with Gasteiger partial charge in [-0.2, -0.15) is 0 Å². The van der Waals surface area contributed by atoms with Crippen LogP contribution in [-0.4, -0.2) is 14.6 Å². The fraction of sp³-hybridized carbons (Fsp3) is 0.333. The monoisotopic (exact) mass is 309 g/mol. The lowest BCUT2D eigenvalue weighted by atomic mass is 9.87. The van der Waals surface area contributed by atoms with E-state index < -0.39 is 0 Å². The van der Waals surface area contributed by atoms with E-state index >= 15 is 0 Å². The molecule has 1 aliphatic rings. The van der Waals surface area contributed by atoms with Crippen LogP contribution in [0.25, 0.3) is 16.9 Å². The zero-order valence-corrected chi connectivity index (χ0v) is 13.3. The normalized spacial score (nSPS) is 16.2. The van der Waals surface area contributed by atoms with Gasteiger partial charge in [0.15, 0.2) is 5.65 Å². The van der Waals surface area contributed by atoms with E-state index in [1.54, 1.807) is 0 Å². The molecule has 0 saturated heterocycles. The number of nitrogens with zero attached hydrogens (tertiary/aromatic N) is 2. The van der Waals surface area contributed by atoms with Crippen LogP contribution in [0.5, 0.6) is 0 Å². The molecular formula is C18H19N3S. The van der Waals surface area contributed by atoms with Gasteiger partial charge >= 0.3 is 0 Å². The van der Waals surface area contributed by atoms with Gasteiger partial charge in [-0.05, 0) is 12.8 Å². The summed E-state index contributed by atoms with van der Waals surface area (Å²) in [6.07, 6.45) is 6.56. The zero-order valence-electron chi connectivity index (χ0n) is 12.5. The highest BCUT2D eigenvalue weighted by Crippen LogP contribution is 2.32. The van der Waals surface area contributed by atoms with Crippen LogP contribution in [0.15, 0.2) is 42.5 Å². The van der Waals surface area contributed by atoms with Crippen molar-refractivity contribution in [3.8, 4) is 11.3 Å². The molecule has 1 fully saturated rings. The number of hydrogen-bond donors (Lipinski definition) is 1. The molecule has 4 rings (SSSR count). The molecule has 2 aromatic heterocycles. The molecule has 2 heterocycles. The summed E-state index contributed by atoms with van der Waals surface area (Å²) < 4.78 is 2.72. The molecule has 4 heteroatoms. The van der Waals surface area contributed by atoms with Crippen LogP contribution in [-0.2, 0) is 0 Å². The molecule has 0 amide bonds. The predicted molar refractivity (Wildman–Crippen MR) is 91.6 cm³/mol. The van der Waals surface area contributed by atoms with Crippen molar-refractivity contribution in [1.82, 2.24) is 14.6 Å². The summed E-state index contributed by atoms with van der Waals surface area (Å²) in [5, 5.41) is 3.46. The molecule has 1 N–H and O–H groups in total. The highest BCUT2D eigenvalue weighted by Gasteiger charge is 2.18. The van der Waals surface area contributed by atoms with E-state index in [0.29, 0.717) is 5.92 Å². The van der Waals surface area contributed by atoms with Crippen molar-refractivity contribution >= 4 is 17.9 Å². The van der Waals surface area contributed by atoms with E-state index in [2.05, 4.69) is 23.3 Å². The third-order valence-corrected chi connectivity index (χ3v) is 4.89. The Kier molecular flexibility index (Phi) is 3.54. The molecule has 1 aliphatic carbocycles. The standard InChI is InChI=1S/C18H19N3S/c22-18-12-15(13-7-3-1-4-8-13)19-17-11-16(20-21(17)18)14-9-5-2-6-10-14/h1,3-4,7-8,11-12,14,20H,2,5-6,9-10H2. The molecule has 112 valence electrons. The van der Waals surface area contributed by atoms with Gasteiger partial charge in [-0.3, -0.25) is 5.10 Å². The number of aromatic nitrogens is 3. The van der Waals surface area contributed by atoms with Gasteiger partial charge in [0.2, 0.25) is 0 Å². The van der Waals surface area contributed by atoms with Gasteiger partial charge in [0.1, 0.15) is 4.64 Å². The van der Waals surface area contributed by atoms with Crippen molar-refractivity contribution in [2.45, 2.75) is 38.0 Å². The van der Waals surface area contributed by atoms with Gasteiger partial charge in [-0.1, -0.05) is 61.8 Å². The van der Waals surface area contributed by atoms with Crippen molar-refractivity contribution in [2.75, 3.05) is 0 Å². The number of hydrogen-bond acceptors (Lipinski definition) is 2. The number of aromatic amines is 1. The molecule has 0 unspecified atom stereocenters. The molecule has 0 aliphatic heterocycles. The van der Waals surface area contributed by atoms with Crippen LogP contribution >= 0.6 is 12.2 Å². The SMILES string of the molecule is S=c1cc(-c2ccccc2)nc2cc(C3CCCCC3)[nH]n12. The summed E-state index contributed by atoms with van der Waals surface area (Å²) in [5.74, 6) is 0.630. The maximum Gasteiger partial charge on any atom is 0.155 e. The van der Waals surface area contributed by atoms with Gasteiger partial charge in [0, 0.05) is 29.3 Å². The maximum atomic E-state index is 5.55. The van der Waals surface area contributed by atoms with Crippen molar-refractivity contribution in [2.24, 2.45) is 0 Å². The fourth-order valence-electron chi connectivity index (χ4n) is 3.39. The minimum absolute atomic E-state index is 0.630. The Morgan fingerprint density at radius 1 is 1.05 bits per heavy atom. The van der Waals surface area contributed by atoms with Crippen LogP contribution in [0.3, 0.4) is 0 Å². The molecular weight excluding hydrogens is 290 g/mol. The van der Waals surface area contributed by atoms with Gasteiger partial charge < -0.3 is 0 Å². The van der Waals surface area contributed by atoms with E-state index in [1.807, 2.05) is 28.8 Å². The largest absolute Gasteiger partial charge is 0.295 e. The second kappa shape index (κ2) is 5.69. The Labute approximate surface area is 135 Å². The highest BCUT2D eigenvalue weighted by atomic mass is 32.1. The molecule has 1 aromatic carbocycles. The van der Waals surface area contributed by atoms with Crippen LogP contribution in [0.2, 0.25) is 0 Å². The van der Waals surface area contributed by atoms with E-state index in [0.717, 1.165) is 21.5 Å². The lowest BCUT2D eigenvalue weighted by molar-refractivity contribution is 0.435. The molecule has 0 spiro atoms. The summed E-state index contributed by atoms with van der Waals surface area (Å²) in [4.78, 5) is 4.79. The van der Waals surface area contributed by atoms with E-state index in [1.165, 1.54) is 37.8 Å². The topological polar surface area (TPSA) is 33.1 Å². The average Bonchev–Trinajstić information content (AvgIpc) is 3.01. The Morgan fingerprint density at radius 2 is 1.82 bits per heavy atom. The molecule has 3 nitrogen and oxygen atoms in total. The van der Waals surface area contributed by atoms with Crippen LogP contribution < -0.4 is 0 Å². The number of nitrogens with one attached hydrogen (secondary N) is 1. The summed E-state index contributed by atoms with van der Waals surface area (Å²) in [7, 11) is 0. The summed E-state index contributed by atoms with van der Waals surface area (Å²) in [6, 6.07) is 14.4. The van der Waals surface area contributed by atoms with Crippen molar-refractivity contribution in [1.29, 1.82) is 0 Å². The minimum Gasteiger partial charge on any atom is -0.295 e. The molecule has 0 atom stereocenters. The lowest BCUT2D eigenvalue weighted by Gasteiger charge is -2.19. The van der Waals surface area contributed by atoms with E-state index in [9.17, 15) is 0 Å². The second-order valence-electron chi connectivity index (χ2n) is 6.09. The number of rotatable bonds is 2. The first-order valence-corrected chi connectivity index (χ1v) is 8.40. The van der Waals surface area contributed by atoms with Gasteiger partial charge in [0.05, 0.1) is 5.69 Å². The molecule has 3 aromatic rings. The van der Waals surface area contributed by atoms with Gasteiger partial charge in [0.25, 0.3) is 0 Å². The number of fused-ring (bicyclic) bond motifs is 1. The Morgan fingerprint density at radius 3 is 2.59 bits per heavy atom. The first-order chi connectivity index (χ1) is 10.8. The number of benzene rings is 1. The quantitative estimate of drug-likeness (QED) is 0.668. The molecule has 0 bridgehead atoms. The van der Waals surface area contributed by atoms with Crippen LogP contribution in [0, 0.1) is 4.64 Å². The Balaban J connectivity index is 1.79. The van der Waals surface area contributed by atoms with Crippen molar-refractivity contribution in [3.63, 3.8) is 0 Å². The van der Waals surface area contributed by atoms with Gasteiger partial charge in [-0.15, -0.1) is 0 Å². The zero-order chi connectivity index (χ0) is 14.9. The fourth-order valence-corrected chi connectivity index (χ4v) is 3.64. The Hall–Kier alpha value is -1.94. The minimum atomic E-state index is 0.630. The first-order valence-electron chi connectivity index (χ1n) is 7.99. The number of H-pyrrole nitrogens is 1. The van der Waals surface area contributed by atoms with E-state index in [-0.39, 0.29) is 0 Å². The second-order valence-corrected chi connectivity index (χ2v) is 6.50. The lowest BCUT2D eigenvalue weighted by Crippen LogP contribution is -2.05. The van der Waals surface area contributed by atoms with Crippen LogP contribution in [0.1, 0.15) is 43.7 Å². The van der Waals surface area contributed by atoms with Crippen molar-refractivity contribution < 1.29 is 0 Å². The van der Waals surface area contributed by atoms with E-state index in [4.69, 9.17) is 17.2 Å². The van der Waals surface area contributed by atoms with Crippen LogP contribution in [0.4, 0.5) is 0 Å². The summed E-state index contributed by atoms with van der Waals surface area (Å²) in [6.45, 7) is 0. The van der Waals surface area contributed by atoms with Gasteiger partial charge in [-0.25, -0.2) is 9.50 Å². The Bertz CT molecular complexity index is 842. The summed E-state index contributed by atoms with van der Waals surface area (Å²) >= 11 is 5.55. The first kappa shape index (κ1) is 13.7. The summed E-state index contributed by atoms with van der Waals surface area (Å²) in [5.41, 5.74) is 4.26. The molecule has 1 saturated carbocycles. The van der Waals surface area contributed by atoms with Crippen molar-refractivity contribution in [3.05, 3.63) is 52.8 Å². The highest BCUT2D eigenvalue weighted by molar-refractivity contribution is 7.71. The third-order valence-electron chi connectivity index (χ3n) is 4.58. The third kappa shape index (κ3) is 2.48. The smallest absolute Gasteiger partial charge is 0.155 e. The maximum absolute atomic E-state index is 5.55.